The van der Waals surface area contributed by atoms with Crippen molar-refractivity contribution in [1.82, 2.24) is 0 Å². The van der Waals surface area contributed by atoms with Gasteiger partial charge in [-0.05, 0) is 28.5 Å². The van der Waals surface area contributed by atoms with Gasteiger partial charge in [0.2, 0.25) is 0 Å². The van der Waals surface area contributed by atoms with Crippen LogP contribution in [-0.4, -0.2) is 11.9 Å². The topological polar surface area (TPSA) is 98.2 Å². The molecule has 0 saturated heterocycles. The first-order valence-electron chi connectivity index (χ1n) is 6.93. The molecule has 5 N–H and O–H groups in total. The lowest BCUT2D eigenvalue weighted by Gasteiger charge is -2.32. The van der Waals surface area contributed by atoms with Crippen molar-refractivity contribution >= 4 is 28.3 Å². The van der Waals surface area contributed by atoms with Crippen LogP contribution < -0.4 is 16.8 Å². The zero-order chi connectivity index (χ0) is 16.1. The van der Waals surface area contributed by atoms with E-state index in [4.69, 9.17) is 11.5 Å². The van der Waals surface area contributed by atoms with Crippen molar-refractivity contribution in [2.75, 3.05) is 5.32 Å². The summed E-state index contributed by atoms with van der Waals surface area (Å²) in [7, 11) is 0. The van der Waals surface area contributed by atoms with Crippen molar-refractivity contribution < 1.29 is 9.59 Å². The molecule has 0 bridgehead atoms. The molecule has 0 unspecified atom stereocenters. The van der Waals surface area contributed by atoms with Gasteiger partial charge in [-0.1, -0.05) is 38.1 Å². The quantitative estimate of drug-likeness (QED) is 0.794. The summed E-state index contributed by atoms with van der Waals surface area (Å²) in [5.41, 5.74) is 14.2. The van der Waals surface area contributed by atoms with E-state index < -0.39 is 11.9 Å². The Kier molecular flexibility index (Phi) is 3.21. The third-order valence-corrected chi connectivity index (χ3v) is 5.19. The smallest absolute Gasteiger partial charge is 0.317 e. The Labute approximate surface area is 132 Å². The summed E-state index contributed by atoms with van der Waals surface area (Å²) in [4.78, 5) is 24.1. The summed E-state index contributed by atoms with van der Waals surface area (Å²) in [5, 5.41) is 2.95. The molecule has 0 fully saturated rings. The van der Waals surface area contributed by atoms with Gasteiger partial charge in [0.15, 0.2) is 0 Å². The number of anilines is 1. The average Bonchev–Trinajstić information content (AvgIpc) is 2.75. The van der Waals surface area contributed by atoms with Gasteiger partial charge in [0.1, 0.15) is 5.00 Å². The summed E-state index contributed by atoms with van der Waals surface area (Å²) >= 11 is 1.35. The van der Waals surface area contributed by atoms with Gasteiger partial charge >= 0.3 is 6.03 Å². The summed E-state index contributed by atoms with van der Waals surface area (Å²) in [6.45, 7) is 4.27. The lowest BCUT2D eigenvalue weighted by atomic mass is 9.72. The van der Waals surface area contributed by atoms with Gasteiger partial charge in [-0.15, -0.1) is 11.3 Å². The minimum absolute atomic E-state index is 0.112. The maximum atomic E-state index is 11.9. The van der Waals surface area contributed by atoms with Crippen molar-refractivity contribution in [3.8, 4) is 10.4 Å². The molecular weight excluding hydrogens is 298 g/mol. The van der Waals surface area contributed by atoms with E-state index in [0.29, 0.717) is 17.0 Å². The highest BCUT2D eigenvalue weighted by Crippen LogP contribution is 2.50. The van der Waals surface area contributed by atoms with Gasteiger partial charge in [-0.2, -0.15) is 0 Å². The number of carbonyl (C=O) groups excluding carboxylic acids is 2. The fraction of sp³-hybridized carbons (Fsp3) is 0.250. The first-order valence-corrected chi connectivity index (χ1v) is 7.74. The van der Waals surface area contributed by atoms with Crippen LogP contribution in [0.1, 0.15) is 35.3 Å². The molecule has 3 amide bonds. The normalized spacial score (nSPS) is 14.8. The number of carbonyl (C=O) groups is 2. The molecule has 1 aromatic heterocycles. The van der Waals surface area contributed by atoms with Crippen LogP contribution in [-0.2, 0) is 11.8 Å². The zero-order valence-electron chi connectivity index (χ0n) is 12.4. The molecule has 5 nitrogen and oxygen atoms in total. The number of nitrogens with one attached hydrogen (secondary N) is 1. The summed E-state index contributed by atoms with van der Waals surface area (Å²) < 4.78 is 0. The Morgan fingerprint density at radius 1 is 1.23 bits per heavy atom. The fourth-order valence-corrected chi connectivity index (χ4v) is 4.39. The standard InChI is InChI=1S/C16H17N3O2S/c1-16(2)7-9-11(13(17)20)14(19-15(18)21)22-12(9)8-5-3-4-6-10(8)16/h3-6H,7H2,1-2H3,(H2,17,20)(H3,18,19,21). The van der Waals surface area contributed by atoms with E-state index in [1.807, 2.05) is 18.2 Å². The van der Waals surface area contributed by atoms with Crippen LogP contribution in [0.3, 0.4) is 0 Å². The molecule has 1 heterocycles. The van der Waals surface area contributed by atoms with Crippen molar-refractivity contribution in [3.63, 3.8) is 0 Å². The monoisotopic (exact) mass is 315 g/mol. The van der Waals surface area contributed by atoms with Crippen LogP contribution in [0.2, 0.25) is 0 Å². The van der Waals surface area contributed by atoms with Crippen LogP contribution in [0.5, 0.6) is 0 Å². The van der Waals surface area contributed by atoms with Crippen LogP contribution in [0, 0.1) is 0 Å². The number of rotatable bonds is 2. The summed E-state index contributed by atoms with van der Waals surface area (Å²) in [6.07, 6.45) is 0.689. The second kappa shape index (κ2) is 4.84. The van der Waals surface area contributed by atoms with E-state index in [1.54, 1.807) is 0 Å². The molecule has 0 saturated carbocycles. The Bertz CT molecular complexity index is 793. The molecule has 1 aliphatic rings. The van der Waals surface area contributed by atoms with Gasteiger partial charge in [0.25, 0.3) is 5.91 Å². The summed E-state index contributed by atoms with van der Waals surface area (Å²) in [6, 6.07) is 7.41. The molecule has 1 aliphatic carbocycles. The number of urea groups is 1. The molecule has 6 heteroatoms. The molecule has 1 aromatic carbocycles. The molecule has 3 rings (SSSR count). The van der Waals surface area contributed by atoms with Crippen LogP contribution in [0.15, 0.2) is 24.3 Å². The van der Waals surface area contributed by atoms with Gasteiger partial charge in [-0.25, -0.2) is 4.79 Å². The largest absolute Gasteiger partial charge is 0.365 e. The van der Waals surface area contributed by atoms with Gasteiger partial charge in [-0.3, -0.25) is 10.1 Å². The van der Waals surface area contributed by atoms with Crippen molar-refractivity contribution in [3.05, 3.63) is 41.0 Å². The Balaban J connectivity index is 2.29. The SMILES string of the molecule is CC1(C)Cc2c(sc(NC(N)=O)c2C(N)=O)-c2ccccc21. The van der Waals surface area contributed by atoms with Crippen LogP contribution >= 0.6 is 11.3 Å². The highest BCUT2D eigenvalue weighted by molar-refractivity contribution is 7.20. The lowest BCUT2D eigenvalue weighted by Crippen LogP contribution is -2.27. The molecule has 22 heavy (non-hydrogen) atoms. The number of thiophene rings is 1. The number of primary amides is 2. The number of hydrogen-bond donors (Lipinski definition) is 3. The Hall–Kier alpha value is -2.34. The van der Waals surface area contributed by atoms with E-state index in [2.05, 4.69) is 25.2 Å². The molecule has 0 radical (unpaired) electrons. The fourth-order valence-electron chi connectivity index (χ4n) is 3.12. The second-order valence-corrected chi connectivity index (χ2v) is 7.09. The highest BCUT2D eigenvalue weighted by Gasteiger charge is 2.36. The number of benzene rings is 1. The number of amides is 3. The van der Waals surface area contributed by atoms with E-state index in [-0.39, 0.29) is 5.41 Å². The molecule has 0 spiro atoms. The highest BCUT2D eigenvalue weighted by atomic mass is 32.1. The van der Waals surface area contributed by atoms with Crippen molar-refractivity contribution in [1.29, 1.82) is 0 Å². The number of nitrogens with two attached hydrogens (primary N) is 2. The van der Waals surface area contributed by atoms with Crippen LogP contribution in [0.25, 0.3) is 10.4 Å². The molecule has 2 aromatic rings. The predicted octanol–water partition coefficient (Wildman–Crippen LogP) is 2.84. The lowest BCUT2D eigenvalue weighted by molar-refractivity contribution is 0.100. The minimum Gasteiger partial charge on any atom is -0.365 e. The van der Waals surface area contributed by atoms with Gasteiger partial charge in [0, 0.05) is 4.88 Å². The summed E-state index contributed by atoms with van der Waals surface area (Å²) in [5.74, 6) is -0.545. The first-order chi connectivity index (χ1) is 10.3. The number of fused-ring (bicyclic) bond motifs is 3. The molecule has 0 aliphatic heterocycles. The average molecular weight is 315 g/mol. The van der Waals surface area contributed by atoms with E-state index in [1.165, 1.54) is 16.9 Å². The van der Waals surface area contributed by atoms with Crippen LogP contribution in [0.4, 0.5) is 9.80 Å². The Morgan fingerprint density at radius 2 is 1.91 bits per heavy atom. The second-order valence-electron chi connectivity index (χ2n) is 6.07. The first kappa shape index (κ1) is 14.6. The van der Waals surface area contributed by atoms with Crippen molar-refractivity contribution in [2.45, 2.75) is 25.7 Å². The maximum absolute atomic E-state index is 11.9. The van der Waals surface area contributed by atoms with Gasteiger partial charge < -0.3 is 11.5 Å². The predicted molar refractivity (Wildman–Crippen MR) is 88.2 cm³/mol. The third-order valence-electron chi connectivity index (χ3n) is 4.01. The van der Waals surface area contributed by atoms with E-state index >= 15 is 0 Å². The molecule has 0 atom stereocenters. The van der Waals surface area contributed by atoms with Crippen molar-refractivity contribution in [2.24, 2.45) is 11.5 Å². The van der Waals surface area contributed by atoms with E-state index in [9.17, 15) is 9.59 Å². The van der Waals surface area contributed by atoms with Gasteiger partial charge in [0.05, 0.1) is 5.56 Å². The number of hydrogen-bond acceptors (Lipinski definition) is 3. The zero-order valence-corrected chi connectivity index (χ0v) is 13.2. The Morgan fingerprint density at radius 3 is 2.55 bits per heavy atom. The van der Waals surface area contributed by atoms with E-state index in [0.717, 1.165) is 16.0 Å². The minimum atomic E-state index is -0.700. The molecule has 114 valence electrons. The third kappa shape index (κ3) is 2.16. The maximum Gasteiger partial charge on any atom is 0.317 e. The molecular formula is C16H17N3O2S.